The fraction of sp³-hybridized carbons (Fsp3) is 0.700. The summed E-state index contributed by atoms with van der Waals surface area (Å²) in [4.78, 5) is 0. The molecular formula is C20H30O6. The molecule has 6 heteroatoms. The van der Waals surface area contributed by atoms with E-state index >= 15 is 0 Å². The number of hydrogen-bond acceptors (Lipinski definition) is 6. The van der Waals surface area contributed by atoms with Gasteiger partial charge in [-0.25, -0.2) is 0 Å². The molecule has 0 amide bonds. The number of fused-ring (bicyclic) bond motifs is 1. The number of aliphatic hydroxyl groups excluding tert-OH is 2. The average molecular weight is 366 g/mol. The van der Waals surface area contributed by atoms with Crippen molar-refractivity contribution in [1.29, 1.82) is 0 Å². The highest BCUT2D eigenvalue weighted by Gasteiger charge is 2.55. The topological polar surface area (TPSA) is 77.4 Å². The molecule has 146 valence electrons. The smallest absolute Gasteiger partial charge is 0.190 e. The molecule has 2 N–H and O–H groups in total. The predicted octanol–water partition coefficient (Wildman–Crippen LogP) is 2.22. The van der Waals surface area contributed by atoms with E-state index < -0.39 is 30.4 Å². The van der Waals surface area contributed by atoms with Gasteiger partial charge in [-0.2, -0.15) is 0 Å². The van der Waals surface area contributed by atoms with E-state index in [0.717, 1.165) is 12.0 Å². The number of hydrogen-bond donors (Lipinski definition) is 2. The highest BCUT2D eigenvalue weighted by molar-refractivity contribution is 5.13. The van der Waals surface area contributed by atoms with Gasteiger partial charge in [0.2, 0.25) is 0 Å². The SMILES string of the molecule is CC(CC[C@@H](CO)[C@H]1O[C@@H]2OC(C)(C)O[C@@H]2C1O)OCc1ccccc1. The molecule has 2 fully saturated rings. The molecule has 0 radical (unpaired) electrons. The Morgan fingerprint density at radius 2 is 1.88 bits per heavy atom. The van der Waals surface area contributed by atoms with Gasteiger partial charge in [-0.05, 0) is 39.2 Å². The molecular weight excluding hydrogens is 336 g/mol. The number of benzene rings is 1. The minimum absolute atomic E-state index is 0.0498. The lowest BCUT2D eigenvalue weighted by Crippen LogP contribution is -2.39. The molecule has 0 aliphatic carbocycles. The van der Waals surface area contributed by atoms with Crippen molar-refractivity contribution in [3.63, 3.8) is 0 Å². The van der Waals surface area contributed by atoms with Crippen LogP contribution in [0.3, 0.4) is 0 Å². The first-order valence-electron chi connectivity index (χ1n) is 9.35. The second-order valence-corrected chi connectivity index (χ2v) is 7.69. The first-order valence-corrected chi connectivity index (χ1v) is 9.35. The van der Waals surface area contributed by atoms with Crippen molar-refractivity contribution in [1.82, 2.24) is 0 Å². The largest absolute Gasteiger partial charge is 0.396 e. The molecule has 2 aliphatic rings. The molecule has 3 rings (SSSR count). The van der Waals surface area contributed by atoms with Crippen LogP contribution in [0.25, 0.3) is 0 Å². The van der Waals surface area contributed by atoms with Crippen LogP contribution >= 0.6 is 0 Å². The quantitative estimate of drug-likeness (QED) is 0.735. The van der Waals surface area contributed by atoms with Gasteiger partial charge in [-0.1, -0.05) is 30.3 Å². The van der Waals surface area contributed by atoms with Crippen LogP contribution in [0.5, 0.6) is 0 Å². The highest BCUT2D eigenvalue weighted by atomic mass is 16.8. The first kappa shape index (κ1) is 19.7. The lowest BCUT2D eigenvalue weighted by molar-refractivity contribution is -0.222. The Hall–Kier alpha value is -1.02. The van der Waals surface area contributed by atoms with Gasteiger partial charge in [0.1, 0.15) is 12.2 Å². The molecule has 6 atom stereocenters. The van der Waals surface area contributed by atoms with Gasteiger partial charge in [-0.3, -0.25) is 0 Å². The third-order valence-electron chi connectivity index (χ3n) is 5.07. The molecule has 1 aromatic carbocycles. The van der Waals surface area contributed by atoms with E-state index in [1.54, 1.807) is 13.8 Å². The van der Waals surface area contributed by atoms with Crippen molar-refractivity contribution in [3.05, 3.63) is 35.9 Å². The number of ether oxygens (including phenoxy) is 4. The molecule has 2 aliphatic heterocycles. The minimum atomic E-state index is -0.806. The summed E-state index contributed by atoms with van der Waals surface area (Å²) >= 11 is 0. The van der Waals surface area contributed by atoms with Gasteiger partial charge in [0.05, 0.1) is 18.8 Å². The third kappa shape index (κ3) is 4.63. The van der Waals surface area contributed by atoms with Crippen LogP contribution in [0.2, 0.25) is 0 Å². The van der Waals surface area contributed by atoms with Crippen LogP contribution in [0.4, 0.5) is 0 Å². The zero-order valence-electron chi connectivity index (χ0n) is 15.7. The molecule has 26 heavy (non-hydrogen) atoms. The Morgan fingerprint density at radius 3 is 2.54 bits per heavy atom. The molecule has 0 aromatic heterocycles. The van der Waals surface area contributed by atoms with Crippen LogP contribution in [0.15, 0.2) is 30.3 Å². The number of rotatable bonds is 8. The first-order chi connectivity index (χ1) is 12.4. The van der Waals surface area contributed by atoms with Crippen LogP contribution in [-0.4, -0.2) is 53.3 Å². The van der Waals surface area contributed by atoms with Crippen LogP contribution in [0.1, 0.15) is 39.2 Å². The molecule has 0 bridgehead atoms. The van der Waals surface area contributed by atoms with Crippen molar-refractivity contribution >= 4 is 0 Å². The van der Waals surface area contributed by atoms with Crippen LogP contribution in [-0.2, 0) is 25.6 Å². The lowest BCUT2D eigenvalue weighted by Gasteiger charge is -2.28. The van der Waals surface area contributed by atoms with Crippen molar-refractivity contribution < 1.29 is 29.2 Å². The average Bonchev–Trinajstić information content (AvgIpc) is 3.08. The maximum absolute atomic E-state index is 10.5. The fourth-order valence-corrected chi connectivity index (χ4v) is 3.61. The predicted molar refractivity (Wildman–Crippen MR) is 95.2 cm³/mol. The number of aliphatic hydroxyl groups is 2. The maximum Gasteiger partial charge on any atom is 0.190 e. The lowest BCUT2D eigenvalue weighted by atomic mass is 9.92. The van der Waals surface area contributed by atoms with E-state index in [2.05, 4.69) is 0 Å². The van der Waals surface area contributed by atoms with Crippen molar-refractivity contribution in [2.24, 2.45) is 5.92 Å². The molecule has 0 saturated carbocycles. The monoisotopic (exact) mass is 366 g/mol. The standard InChI is InChI=1S/C20H30O6/c1-13(23-12-14-7-5-4-6-8-14)9-10-15(11-21)17-16(22)18-19(24-17)26-20(2,3)25-18/h4-8,13,15-19,21-22H,9-12H2,1-3H3/t13?,15-,16?,17+,18+,19+/m0/s1. The van der Waals surface area contributed by atoms with Gasteiger partial charge in [0.25, 0.3) is 0 Å². The summed E-state index contributed by atoms with van der Waals surface area (Å²) in [5.74, 6) is -0.941. The van der Waals surface area contributed by atoms with Crippen LogP contribution in [0, 0.1) is 5.92 Å². The minimum Gasteiger partial charge on any atom is -0.396 e. The molecule has 2 unspecified atom stereocenters. The molecule has 6 nitrogen and oxygen atoms in total. The summed E-state index contributed by atoms with van der Waals surface area (Å²) in [6.07, 6.45) is -0.869. The summed E-state index contributed by atoms with van der Waals surface area (Å²) in [6.45, 7) is 6.12. The van der Waals surface area contributed by atoms with Crippen molar-refractivity contribution in [2.75, 3.05) is 6.61 Å². The Kier molecular flexibility index (Phi) is 6.33. The highest BCUT2D eigenvalue weighted by Crippen LogP contribution is 2.40. The molecule has 1 aromatic rings. The molecule has 0 spiro atoms. The van der Waals surface area contributed by atoms with Gasteiger partial charge in [0, 0.05) is 12.5 Å². The van der Waals surface area contributed by atoms with E-state index in [-0.39, 0.29) is 18.6 Å². The molecule has 2 heterocycles. The summed E-state index contributed by atoms with van der Waals surface area (Å²) in [5, 5.41) is 20.3. The normalized spacial score (nSPS) is 32.3. The van der Waals surface area contributed by atoms with Gasteiger partial charge in [-0.15, -0.1) is 0 Å². The van der Waals surface area contributed by atoms with E-state index in [0.29, 0.717) is 13.0 Å². The third-order valence-corrected chi connectivity index (χ3v) is 5.07. The summed E-state index contributed by atoms with van der Waals surface area (Å²) in [7, 11) is 0. The summed E-state index contributed by atoms with van der Waals surface area (Å²) in [5.41, 5.74) is 1.14. The van der Waals surface area contributed by atoms with E-state index in [1.807, 2.05) is 37.3 Å². The van der Waals surface area contributed by atoms with Gasteiger partial charge < -0.3 is 29.2 Å². The Labute approximate surface area is 155 Å². The fourth-order valence-electron chi connectivity index (χ4n) is 3.61. The van der Waals surface area contributed by atoms with Crippen molar-refractivity contribution in [3.8, 4) is 0 Å². The zero-order chi connectivity index (χ0) is 18.7. The molecule has 2 saturated heterocycles. The summed E-state index contributed by atoms with van der Waals surface area (Å²) in [6, 6.07) is 10.0. The van der Waals surface area contributed by atoms with Crippen LogP contribution < -0.4 is 0 Å². The maximum atomic E-state index is 10.5. The van der Waals surface area contributed by atoms with Gasteiger partial charge in [0.15, 0.2) is 12.1 Å². The second kappa shape index (κ2) is 8.33. The van der Waals surface area contributed by atoms with E-state index in [9.17, 15) is 10.2 Å². The zero-order valence-corrected chi connectivity index (χ0v) is 15.7. The second-order valence-electron chi connectivity index (χ2n) is 7.69. The van der Waals surface area contributed by atoms with E-state index in [1.165, 1.54) is 0 Å². The Balaban J connectivity index is 1.46. The van der Waals surface area contributed by atoms with E-state index in [4.69, 9.17) is 18.9 Å². The Bertz CT molecular complexity index is 563. The van der Waals surface area contributed by atoms with Crippen molar-refractivity contribution in [2.45, 2.75) is 76.7 Å². The Morgan fingerprint density at radius 1 is 1.15 bits per heavy atom. The summed E-state index contributed by atoms with van der Waals surface area (Å²) < 4.78 is 23.1. The van der Waals surface area contributed by atoms with Gasteiger partial charge >= 0.3 is 0 Å².